The van der Waals surface area contributed by atoms with Gasteiger partial charge in [0.2, 0.25) is 5.91 Å². The largest absolute Gasteiger partial charge is 0.326 e. The maximum absolute atomic E-state index is 13.2. The second kappa shape index (κ2) is 9.72. The number of hydrogen-bond donors (Lipinski definition) is 1. The molecule has 0 radical (unpaired) electrons. The first-order chi connectivity index (χ1) is 16.5. The maximum Gasteiger partial charge on any atom is 0.263 e. The number of halogens is 6. The van der Waals surface area contributed by atoms with Crippen LogP contribution in [0.2, 0.25) is 5.02 Å². The van der Waals surface area contributed by atoms with Crippen LogP contribution >= 0.6 is 34.8 Å². The van der Waals surface area contributed by atoms with E-state index in [1.165, 1.54) is 72.6 Å². The lowest BCUT2D eigenvalue weighted by Crippen LogP contribution is -2.26. The Balaban J connectivity index is 1.52. The van der Waals surface area contributed by atoms with Crippen molar-refractivity contribution in [2.24, 2.45) is 5.92 Å². The smallest absolute Gasteiger partial charge is 0.263 e. The molecule has 0 bridgehead atoms. The van der Waals surface area contributed by atoms with E-state index in [0.29, 0.717) is 11.3 Å². The molecule has 1 aliphatic rings. The zero-order valence-electron chi connectivity index (χ0n) is 18.1. The Labute approximate surface area is 214 Å². The highest BCUT2D eigenvalue weighted by atomic mass is 35.5. The summed E-state index contributed by atoms with van der Waals surface area (Å²) in [5.41, 5.74) is 1.06. The standard InChI is InChI=1S/C25H18Cl3F3N2O2/c1-33(17-8-5-15(29)6-9-17)24(35)18-12-16(7-10-19(18)26)32-23(34)21-20(25(21,27)28)13-3-2-4-14(11-13)22(30)31/h2-12,20-22H,1H3,(H,32,34)/t20-,21+/m0/s1. The number of amides is 2. The van der Waals surface area contributed by atoms with E-state index in [0.717, 1.165) is 0 Å². The summed E-state index contributed by atoms with van der Waals surface area (Å²) < 4.78 is 37.9. The summed E-state index contributed by atoms with van der Waals surface area (Å²) >= 11 is 18.9. The van der Waals surface area contributed by atoms with Crippen LogP contribution in [-0.4, -0.2) is 23.2 Å². The first-order valence-electron chi connectivity index (χ1n) is 10.4. The van der Waals surface area contributed by atoms with Crippen molar-refractivity contribution >= 4 is 58.0 Å². The number of rotatable bonds is 6. The van der Waals surface area contributed by atoms with Gasteiger partial charge >= 0.3 is 0 Å². The fourth-order valence-corrected chi connectivity index (χ4v) is 4.93. The average molecular weight is 542 g/mol. The Hall–Kier alpha value is -2.74. The van der Waals surface area contributed by atoms with Crippen LogP contribution in [0, 0.1) is 11.7 Å². The van der Waals surface area contributed by atoms with Crippen LogP contribution < -0.4 is 10.2 Å². The summed E-state index contributed by atoms with van der Waals surface area (Å²) in [5, 5.41) is 2.82. The van der Waals surface area contributed by atoms with Gasteiger partial charge in [0.1, 0.15) is 10.2 Å². The van der Waals surface area contributed by atoms with Crippen LogP contribution in [0.15, 0.2) is 66.7 Å². The van der Waals surface area contributed by atoms with E-state index >= 15 is 0 Å². The first kappa shape index (κ1) is 25.4. The van der Waals surface area contributed by atoms with Gasteiger partial charge in [0.15, 0.2) is 0 Å². The van der Waals surface area contributed by atoms with Crippen molar-refractivity contribution in [2.75, 3.05) is 17.3 Å². The van der Waals surface area contributed by atoms with Gasteiger partial charge in [0, 0.05) is 29.9 Å². The third kappa shape index (κ3) is 5.13. The molecule has 3 aromatic carbocycles. The second-order valence-electron chi connectivity index (χ2n) is 8.13. The van der Waals surface area contributed by atoms with Gasteiger partial charge in [-0.3, -0.25) is 9.59 Å². The Kier molecular flexibility index (Phi) is 7.04. The molecule has 35 heavy (non-hydrogen) atoms. The summed E-state index contributed by atoms with van der Waals surface area (Å²) in [4.78, 5) is 27.2. The van der Waals surface area contributed by atoms with Crippen molar-refractivity contribution in [3.05, 3.63) is 94.3 Å². The summed E-state index contributed by atoms with van der Waals surface area (Å²) in [6, 6.07) is 15.3. The zero-order valence-corrected chi connectivity index (χ0v) is 20.4. The molecule has 1 aliphatic carbocycles. The van der Waals surface area contributed by atoms with Gasteiger partial charge in [-0.1, -0.05) is 29.8 Å². The van der Waals surface area contributed by atoms with E-state index in [1.807, 2.05) is 0 Å². The summed E-state index contributed by atoms with van der Waals surface area (Å²) in [6.07, 6.45) is -2.67. The molecule has 3 aromatic rings. The Bertz CT molecular complexity index is 1290. The number of anilines is 2. The molecule has 2 amide bonds. The monoisotopic (exact) mass is 540 g/mol. The van der Waals surface area contributed by atoms with Gasteiger partial charge in [-0.05, 0) is 54.1 Å². The first-order valence-corrected chi connectivity index (χ1v) is 11.5. The highest BCUT2D eigenvalue weighted by molar-refractivity contribution is 6.53. The Morgan fingerprint density at radius 2 is 1.71 bits per heavy atom. The molecule has 2 atom stereocenters. The molecular formula is C25H18Cl3F3N2O2. The van der Waals surface area contributed by atoms with Crippen molar-refractivity contribution in [1.29, 1.82) is 0 Å². The molecule has 0 heterocycles. The fourth-order valence-electron chi connectivity index (χ4n) is 3.91. The number of carbonyl (C=O) groups excluding carboxylic acids is 2. The van der Waals surface area contributed by atoms with Gasteiger partial charge in [-0.15, -0.1) is 23.2 Å². The molecule has 182 valence electrons. The van der Waals surface area contributed by atoms with Crippen molar-refractivity contribution < 1.29 is 22.8 Å². The molecule has 0 saturated heterocycles. The van der Waals surface area contributed by atoms with E-state index in [9.17, 15) is 22.8 Å². The third-order valence-electron chi connectivity index (χ3n) is 5.84. The normalized spacial score (nSPS) is 18.3. The molecule has 0 unspecified atom stereocenters. The number of nitrogens with one attached hydrogen (secondary N) is 1. The van der Waals surface area contributed by atoms with Crippen LogP contribution in [0.3, 0.4) is 0 Å². The predicted molar refractivity (Wildman–Crippen MR) is 131 cm³/mol. The Morgan fingerprint density at radius 1 is 1.03 bits per heavy atom. The minimum Gasteiger partial charge on any atom is -0.326 e. The lowest BCUT2D eigenvalue weighted by Gasteiger charge is -2.18. The molecule has 0 spiro atoms. The second-order valence-corrected chi connectivity index (χ2v) is 9.98. The number of carbonyl (C=O) groups is 2. The van der Waals surface area contributed by atoms with Crippen molar-refractivity contribution in [1.82, 2.24) is 0 Å². The maximum atomic E-state index is 13.2. The quantitative estimate of drug-likeness (QED) is 0.335. The summed E-state index contributed by atoms with van der Waals surface area (Å²) in [6.45, 7) is 0. The molecule has 4 nitrogen and oxygen atoms in total. The van der Waals surface area contributed by atoms with E-state index < -0.39 is 40.2 Å². The minimum absolute atomic E-state index is 0.108. The van der Waals surface area contributed by atoms with Gasteiger partial charge < -0.3 is 10.2 Å². The van der Waals surface area contributed by atoms with Crippen molar-refractivity contribution in [2.45, 2.75) is 16.7 Å². The lowest BCUT2D eigenvalue weighted by atomic mass is 10.1. The zero-order chi connectivity index (χ0) is 25.5. The molecule has 1 fully saturated rings. The van der Waals surface area contributed by atoms with Crippen molar-refractivity contribution in [3.8, 4) is 0 Å². The van der Waals surface area contributed by atoms with Gasteiger partial charge in [-0.2, -0.15) is 0 Å². The molecule has 10 heteroatoms. The molecule has 0 aromatic heterocycles. The van der Waals surface area contributed by atoms with Gasteiger partial charge in [0.05, 0.1) is 16.5 Å². The Morgan fingerprint density at radius 3 is 2.37 bits per heavy atom. The van der Waals surface area contributed by atoms with Crippen LogP contribution in [0.1, 0.15) is 33.8 Å². The van der Waals surface area contributed by atoms with Crippen LogP contribution in [0.4, 0.5) is 24.5 Å². The fraction of sp³-hybridized carbons (Fsp3) is 0.200. The number of benzene rings is 3. The van der Waals surface area contributed by atoms with E-state index in [1.54, 1.807) is 6.07 Å². The molecule has 0 aliphatic heterocycles. The predicted octanol–water partition coefficient (Wildman–Crippen LogP) is 7.22. The molecule has 1 saturated carbocycles. The topological polar surface area (TPSA) is 49.4 Å². The molecular weight excluding hydrogens is 524 g/mol. The highest BCUT2D eigenvalue weighted by Gasteiger charge is 2.67. The van der Waals surface area contributed by atoms with Crippen LogP contribution in [0.5, 0.6) is 0 Å². The van der Waals surface area contributed by atoms with Gasteiger partial charge in [0.25, 0.3) is 12.3 Å². The number of nitrogens with zero attached hydrogens (tertiary/aromatic N) is 1. The lowest BCUT2D eigenvalue weighted by molar-refractivity contribution is -0.117. The average Bonchev–Trinajstić information content (AvgIpc) is 3.42. The van der Waals surface area contributed by atoms with Gasteiger partial charge in [-0.25, -0.2) is 13.2 Å². The number of alkyl halides is 4. The molecule has 1 N–H and O–H groups in total. The molecule has 4 rings (SSSR count). The van der Waals surface area contributed by atoms with E-state index in [-0.39, 0.29) is 21.8 Å². The van der Waals surface area contributed by atoms with Crippen LogP contribution in [0.25, 0.3) is 0 Å². The highest BCUT2D eigenvalue weighted by Crippen LogP contribution is 2.65. The third-order valence-corrected chi connectivity index (χ3v) is 7.11. The van der Waals surface area contributed by atoms with Crippen LogP contribution in [-0.2, 0) is 4.79 Å². The summed E-state index contributed by atoms with van der Waals surface area (Å²) in [7, 11) is 1.51. The van der Waals surface area contributed by atoms with E-state index in [4.69, 9.17) is 34.8 Å². The SMILES string of the molecule is CN(C(=O)c1cc(NC(=O)[C@H]2[C@H](c3cccc(C(F)F)c3)C2(Cl)Cl)ccc1Cl)c1ccc(F)cc1. The van der Waals surface area contributed by atoms with Crippen molar-refractivity contribution in [3.63, 3.8) is 0 Å². The number of hydrogen-bond acceptors (Lipinski definition) is 2. The minimum atomic E-state index is -2.67. The summed E-state index contributed by atoms with van der Waals surface area (Å²) in [5.74, 6) is -3.02. The van der Waals surface area contributed by atoms with E-state index in [2.05, 4.69) is 5.32 Å².